The molecule has 0 N–H and O–H groups in total. The Kier molecular flexibility index (Phi) is 4.36. The third-order valence-corrected chi connectivity index (χ3v) is 6.07. The maximum atomic E-state index is 2.41. The van der Waals surface area contributed by atoms with Gasteiger partial charge in [-0.25, -0.2) is 0 Å². The molecule has 0 aromatic heterocycles. The van der Waals surface area contributed by atoms with Crippen LogP contribution >= 0.6 is 45.2 Å². The van der Waals surface area contributed by atoms with Gasteiger partial charge in [-0.2, -0.15) is 0 Å². The monoisotopic (exact) mass is 462 g/mol. The van der Waals surface area contributed by atoms with Crippen molar-refractivity contribution in [3.8, 4) is 11.1 Å². The van der Waals surface area contributed by atoms with Crippen molar-refractivity contribution in [2.24, 2.45) is 0 Å². The van der Waals surface area contributed by atoms with E-state index in [0.717, 1.165) is 0 Å². The van der Waals surface area contributed by atoms with Crippen LogP contribution in [0.5, 0.6) is 0 Å². The summed E-state index contributed by atoms with van der Waals surface area (Å²) in [6, 6.07) is 8.92. The maximum absolute atomic E-state index is 2.41. The standard InChI is InChI=1S/C16H16I2/c1-9-11(3)15(17)7-5-13(9)14-6-8-16(18)12(4)10(14)2/h5-8H,1-4H3. The normalized spacial score (nSPS) is 10.8. The molecule has 0 fully saturated rings. The Hall–Kier alpha value is -0.100. The molecule has 0 unspecified atom stereocenters. The first-order valence-electron chi connectivity index (χ1n) is 5.95. The zero-order chi connectivity index (χ0) is 13.4. The van der Waals surface area contributed by atoms with E-state index in [0.29, 0.717) is 0 Å². The molecule has 2 rings (SSSR count). The van der Waals surface area contributed by atoms with E-state index in [1.807, 2.05) is 0 Å². The van der Waals surface area contributed by atoms with Crippen LogP contribution in [-0.4, -0.2) is 0 Å². The summed E-state index contributed by atoms with van der Waals surface area (Å²) in [6.45, 7) is 8.85. The highest BCUT2D eigenvalue weighted by atomic mass is 127. The van der Waals surface area contributed by atoms with Crippen LogP contribution in [0, 0.1) is 34.8 Å². The Morgan fingerprint density at radius 2 is 0.889 bits per heavy atom. The second-order valence-corrected chi connectivity index (χ2v) is 7.01. The molecular formula is C16H16I2. The zero-order valence-corrected chi connectivity index (χ0v) is 15.4. The second kappa shape index (κ2) is 5.49. The molecule has 2 heteroatoms. The van der Waals surface area contributed by atoms with Crippen LogP contribution in [0.2, 0.25) is 0 Å². The summed E-state index contributed by atoms with van der Waals surface area (Å²) in [6.07, 6.45) is 0. The van der Waals surface area contributed by atoms with Gasteiger partial charge in [-0.05, 0) is 118 Å². The zero-order valence-electron chi connectivity index (χ0n) is 11.1. The van der Waals surface area contributed by atoms with E-state index in [9.17, 15) is 0 Å². The molecule has 0 atom stereocenters. The van der Waals surface area contributed by atoms with E-state index in [1.165, 1.54) is 40.5 Å². The largest absolute Gasteiger partial charge is 0.0530 e. The number of rotatable bonds is 1. The maximum Gasteiger partial charge on any atom is 0.0162 e. The van der Waals surface area contributed by atoms with Crippen LogP contribution in [0.1, 0.15) is 22.3 Å². The fourth-order valence-corrected chi connectivity index (χ4v) is 3.33. The summed E-state index contributed by atoms with van der Waals surface area (Å²) < 4.78 is 2.68. The molecule has 94 valence electrons. The van der Waals surface area contributed by atoms with Crippen molar-refractivity contribution in [3.63, 3.8) is 0 Å². The molecule has 0 spiro atoms. The number of hydrogen-bond acceptors (Lipinski definition) is 0. The molecule has 2 aromatic carbocycles. The average Bonchev–Trinajstić information content (AvgIpc) is 2.35. The second-order valence-electron chi connectivity index (χ2n) is 4.69. The molecule has 18 heavy (non-hydrogen) atoms. The molecule has 0 heterocycles. The van der Waals surface area contributed by atoms with Crippen LogP contribution < -0.4 is 0 Å². The van der Waals surface area contributed by atoms with Crippen LogP contribution in [0.3, 0.4) is 0 Å². The predicted molar refractivity (Wildman–Crippen MR) is 96.3 cm³/mol. The van der Waals surface area contributed by atoms with Gasteiger partial charge in [0, 0.05) is 7.14 Å². The fraction of sp³-hybridized carbons (Fsp3) is 0.250. The summed E-state index contributed by atoms with van der Waals surface area (Å²) >= 11 is 4.81. The smallest absolute Gasteiger partial charge is 0.0162 e. The Morgan fingerprint density at radius 3 is 1.22 bits per heavy atom. The summed E-state index contributed by atoms with van der Waals surface area (Å²) in [5, 5.41) is 0. The summed E-state index contributed by atoms with van der Waals surface area (Å²) in [4.78, 5) is 0. The summed E-state index contributed by atoms with van der Waals surface area (Å²) in [5.41, 5.74) is 8.30. The highest BCUT2D eigenvalue weighted by Gasteiger charge is 2.11. The highest BCUT2D eigenvalue weighted by Crippen LogP contribution is 2.32. The van der Waals surface area contributed by atoms with Crippen molar-refractivity contribution < 1.29 is 0 Å². The van der Waals surface area contributed by atoms with E-state index < -0.39 is 0 Å². The van der Waals surface area contributed by atoms with Crippen molar-refractivity contribution >= 4 is 45.2 Å². The Labute approximate surface area is 136 Å². The lowest BCUT2D eigenvalue weighted by Crippen LogP contribution is -1.95. The SMILES string of the molecule is Cc1c(I)ccc(-c2ccc(I)c(C)c2C)c1C. The molecular weight excluding hydrogens is 446 g/mol. The van der Waals surface area contributed by atoms with Crippen molar-refractivity contribution in [2.75, 3.05) is 0 Å². The first-order chi connectivity index (χ1) is 8.43. The van der Waals surface area contributed by atoms with Gasteiger partial charge in [-0.1, -0.05) is 12.1 Å². The van der Waals surface area contributed by atoms with Crippen molar-refractivity contribution in [3.05, 3.63) is 53.7 Å². The van der Waals surface area contributed by atoms with Crippen LogP contribution in [-0.2, 0) is 0 Å². The van der Waals surface area contributed by atoms with Gasteiger partial charge in [-0.15, -0.1) is 0 Å². The van der Waals surface area contributed by atoms with E-state index >= 15 is 0 Å². The fourth-order valence-electron chi connectivity index (χ4n) is 2.16. The van der Waals surface area contributed by atoms with E-state index in [-0.39, 0.29) is 0 Å². The quantitative estimate of drug-likeness (QED) is 0.471. The highest BCUT2D eigenvalue weighted by molar-refractivity contribution is 14.1. The summed E-state index contributed by atoms with van der Waals surface area (Å²) in [7, 11) is 0. The van der Waals surface area contributed by atoms with Gasteiger partial charge in [0.1, 0.15) is 0 Å². The lowest BCUT2D eigenvalue weighted by atomic mass is 9.92. The molecule has 0 aliphatic carbocycles. The van der Waals surface area contributed by atoms with Crippen molar-refractivity contribution in [1.82, 2.24) is 0 Å². The van der Waals surface area contributed by atoms with Gasteiger partial charge in [0.05, 0.1) is 0 Å². The topological polar surface area (TPSA) is 0 Å². The minimum atomic E-state index is 1.34. The molecule has 0 aliphatic heterocycles. The molecule has 2 aromatic rings. The summed E-state index contributed by atoms with van der Waals surface area (Å²) in [5.74, 6) is 0. The van der Waals surface area contributed by atoms with Gasteiger partial charge in [0.25, 0.3) is 0 Å². The Morgan fingerprint density at radius 1 is 0.556 bits per heavy atom. The third kappa shape index (κ3) is 2.46. The first-order valence-corrected chi connectivity index (χ1v) is 8.11. The van der Waals surface area contributed by atoms with Crippen molar-refractivity contribution in [1.29, 1.82) is 0 Å². The molecule has 0 aliphatic rings. The van der Waals surface area contributed by atoms with Crippen LogP contribution in [0.4, 0.5) is 0 Å². The van der Waals surface area contributed by atoms with Crippen molar-refractivity contribution in [2.45, 2.75) is 27.7 Å². The molecule has 0 nitrogen and oxygen atoms in total. The van der Waals surface area contributed by atoms with Gasteiger partial charge in [0.15, 0.2) is 0 Å². The predicted octanol–water partition coefficient (Wildman–Crippen LogP) is 5.80. The lowest BCUT2D eigenvalue weighted by molar-refractivity contribution is 1.28. The number of hydrogen-bond donors (Lipinski definition) is 0. The Balaban J connectivity index is 2.71. The molecule has 0 radical (unpaired) electrons. The van der Waals surface area contributed by atoms with Crippen LogP contribution in [0.15, 0.2) is 24.3 Å². The molecule has 0 saturated heterocycles. The molecule has 0 bridgehead atoms. The average molecular weight is 462 g/mol. The lowest BCUT2D eigenvalue weighted by Gasteiger charge is -2.15. The number of halogens is 2. The minimum Gasteiger partial charge on any atom is -0.0530 e. The first kappa shape index (κ1) is 14.3. The van der Waals surface area contributed by atoms with Gasteiger partial charge >= 0.3 is 0 Å². The van der Waals surface area contributed by atoms with Gasteiger partial charge in [0.2, 0.25) is 0 Å². The van der Waals surface area contributed by atoms with E-state index in [2.05, 4.69) is 97.1 Å². The minimum absolute atomic E-state index is 1.34. The van der Waals surface area contributed by atoms with E-state index in [1.54, 1.807) is 0 Å². The van der Waals surface area contributed by atoms with Gasteiger partial charge < -0.3 is 0 Å². The number of benzene rings is 2. The molecule has 0 amide bonds. The Bertz CT molecular complexity index is 557. The third-order valence-electron chi connectivity index (χ3n) is 3.73. The molecule has 0 saturated carbocycles. The van der Waals surface area contributed by atoms with Crippen LogP contribution in [0.25, 0.3) is 11.1 Å². The van der Waals surface area contributed by atoms with E-state index in [4.69, 9.17) is 0 Å². The van der Waals surface area contributed by atoms with Gasteiger partial charge in [-0.3, -0.25) is 0 Å².